The van der Waals surface area contributed by atoms with Crippen LogP contribution in [0, 0.1) is 20.8 Å². The van der Waals surface area contributed by atoms with Gasteiger partial charge in [0.25, 0.3) is 0 Å². The molecule has 1 fully saturated rings. The number of hydrogen-bond acceptors (Lipinski definition) is 3. The summed E-state index contributed by atoms with van der Waals surface area (Å²) in [6.45, 7) is 6.43. The molecule has 1 amide bonds. The van der Waals surface area contributed by atoms with E-state index in [-0.39, 0.29) is 11.9 Å². The van der Waals surface area contributed by atoms with Crippen LogP contribution in [-0.4, -0.2) is 36.5 Å². The van der Waals surface area contributed by atoms with Crippen LogP contribution in [-0.2, 0) is 20.9 Å². The Morgan fingerprint density at radius 3 is 2.20 bits per heavy atom. The van der Waals surface area contributed by atoms with Gasteiger partial charge in [-0.15, -0.1) is 0 Å². The second-order valence-electron chi connectivity index (χ2n) is 8.88. The summed E-state index contributed by atoms with van der Waals surface area (Å²) in [6.07, 6.45) is 6.45. The summed E-state index contributed by atoms with van der Waals surface area (Å²) in [5, 5.41) is 3.15. The third kappa shape index (κ3) is 6.15. The van der Waals surface area contributed by atoms with Gasteiger partial charge in [0.15, 0.2) is 0 Å². The van der Waals surface area contributed by atoms with Gasteiger partial charge < -0.3 is 0 Å². The minimum absolute atomic E-state index is 0.0504. The van der Waals surface area contributed by atoms with E-state index in [4.69, 9.17) is 4.74 Å². The molecule has 4 nitrogen and oxygen atoms in total. The fraction of sp³-hybridized carbons (Fsp3) is 0.440. The van der Waals surface area contributed by atoms with E-state index in [2.05, 4.69) is 24.4 Å². The quantitative estimate of drug-likeness (QED) is 0.486. The molecule has 30 heavy (non-hydrogen) atoms. The Bertz CT molecular complexity index is 866. The summed E-state index contributed by atoms with van der Waals surface area (Å²) in [5.41, 5.74) is 5.28. The monoisotopic (exact) mass is 427 g/mol. The SMILES string of the molecule is Cc1cc(C)c(NC(=O)C[PH]2(CC(=O)OCc3ccccc3)CCCCC2)c(C)c1. The van der Waals surface area contributed by atoms with Crippen molar-refractivity contribution >= 4 is 24.8 Å². The molecule has 0 aliphatic carbocycles. The zero-order valence-corrected chi connectivity index (χ0v) is 19.4. The number of hydrogen-bond donors (Lipinski definition) is 1. The number of nitrogens with one attached hydrogen (secondary N) is 1. The van der Waals surface area contributed by atoms with Crippen molar-refractivity contribution in [3.05, 3.63) is 64.7 Å². The van der Waals surface area contributed by atoms with Crippen LogP contribution in [0.3, 0.4) is 0 Å². The van der Waals surface area contributed by atoms with Gasteiger partial charge in [0, 0.05) is 0 Å². The van der Waals surface area contributed by atoms with Crippen molar-refractivity contribution in [1.82, 2.24) is 0 Å². The van der Waals surface area contributed by atoms with Gasteiger partial charge in [0.05, 0.1) is 0 Å². The molecule has 1 heterocycles. The molecule has 1 N–H and O–H groups in total. The van der Waals surface area contributed by atoms with E-state index in [0.29, 0.717) is 18.9 Å². The van der Waals surface area contributed by atoms with Crippen molar-refractivity contribution in [2.24, 2.45) is 0 Å². The Balaban J connectivity index is 1.64. The van der Waals surface area contributed by atoms with Crippen molar-refractivity contribution in [1.29, 1.82) is 0 Å². The first-order valence-corrected chi connectivity index (χ1v) is 13.8. The molecule has 0 bridgehead atoms. The van der Waals surface area contributed by atoms with Crippen LogP contribution in [0.15, 0.2) is 42.5 Å². The molecule has 0 unspecified atom stereocenters. The van der Waals surface area contributed by atoms with Gasteiger partial charge in [-0.05, 0) is 0 Å². The first-order chi connectivity index (χ1) is 14.4. The van der Waals surface area contributed by atoms with Gasteiger partial charge in [-0.1, -0.05) is 0 Å². The predicted molar refractivity (Wildman–Crippen MR) is 127 cm³/mol. The molecule has 0 aromatic heterocycles. The number of anilines is 1. The van der Waals surface area contributed by atoms with E-state index in [1.807, 2.05) is 44.2 Å². The van der Waals surface area contributed by atoms with Crippen LogP contribution < -0.4 is 5.32 Å². The molecule has 5 heteroatoms. The van der Waals surface area contributed by atoms with Crippen molar-refractivity contribution < 1.29 is 14.3 Å². The second-order valence-corrected chi connectivity index (χ2v) is 13.6. The number of rotatable bonds is 7. The van der Waals surface area contributed by atoms with Gasteiger partial charge in [-0.3, -0.25) is 0 Å². The van der Waals surface area contributed by atoms with Gasteiger partial charge in [0.1, 0.15) is 0 Å². The first-order valence-electron chi connectivity index (χ1n) is 10.9. The summed E-state index contributed by atoms with van der Waals surface area (Å²) in [6, 6.07) is 13.9. The Morgan fingerprint density at radius 1 is 0.933 bits per heavy atom. The number of ether oxygens (including phenoxy) is 1. The topological polar surface area (TPSA) is 55.4 Å². The number of benzene rings is 2. The molecular formula is C25H34NO3P. The van der Waals surface area contributed by atoms with E-state index in [1.165, 1.54) is 12.0 Å². The zero-order valence-electron chi connectivity index (χ0n) is 18.4. The number of aryl methyl sites for hydroxylation is 3. The second kappa shape index (κ2) is 10.2. The number of amides is 1. The summed E-state index contributed by atoms with van der Waals surface area (Å²) >= 11 is 0. The molecule has 0 spiro atoms. The molecule has 0 radical (unpaired) electrons. The predicted octanol–water partition coefficient (Wildman–Crippen LogP) is 5.23. The standard InChI is InChI=1S/C25H34NO3P/c1-19-14-20(2)25(21(3)15-19)26-23(27)17-30(12-8-5-9-13-30)18-24(28)29-16-22-10-6-4-7-11-22/h4,6-7,10-11,14-15,30H,5,8-9,12-13,16-18H2,1-3H3,(H,26,27). The maximum absolute atomic E-state index is 13.0. The summed E-state index contributed by atoms with van der Waals surface area (Å²) in [7, 11) is -2.03. The van der Waals surface area contributed by atoms with Gasteiger partial charge in [0.2, 0.25) is 0 Å². The van der Waals surface area contributed by atoms with Crippen LogP contribution in [0.5, 0.6) is 0 Å². The Morgan fingerprint density at radius 2 is 1.57 bits per heavy atom. The van der Waals surface area contributed by atoms with E-state index in [1.54, 1.807) is 0 Å². The molecule has 162 valence electrons. The Kier molecular flexibility index (Phi) is 7.66. The average molecular weight is 428 g/mol. The number of carbonyl (C=O) groups is 2. The molecule has 0 atom stereocenters. The number of carbonyl (C=O) groups excluding carboxylic acids is 2. The zero-order chi connectivity index (χ0) is 21.6. The molecule has 2 aromatic rings. The van der Waals surface area contributed by atoms with Crippen molar-refractivity contribution in [3.63, 3.8) is 0 Å². The summed E-state index contributed by atoms with van der Waals surface area (Å²) in [4.78, 5) is 25.7. The third-order valence-electron chi connectivity index (χ3n) is 6.15. The van der Waals surface area contributed by atoms with Crippen molar-refractivity contribution in [2.75, 3.05) is 30.0 Å². The summed E-state index contributed by atoms with van der Waals surface area (Å²) < 4.78 is 5.57. The third-order valence-corrected chi connectivity index (χ3v) is 11.1. The normalized spacial score (nSPS) is 16.5. The molecule has 0 saturated carbocycles. The molecule has 1 aliphatic heterocycles. The molecule has 2 aromatic carbocycles. The minimum atomic E-state index is -2.03. The van der Waals surface area contributed by atoms with E-state index in [0.717, 1.165) is 47.5 Å². The van der Waals surface area contributed by atoms with Crippen LogP contribution >= 0.6 is 7.26 Å². The van der Waals surface area contributed by atoms with Crippen molar-refractivity contribution in [3.8, 4) is 0 Å². The van der Waals surface area contributed by atoms with E-state index >= 15 is 0 Å². The van der Waals surface area contributed by atoms with Crippen molar-refractivity contribution in [2.45, 2.75) is 46.6 Å². The Hall–Kier alpha value is -2.19. The summed E-state index contributed by atoms with van der Waals surface area (Å²) in [5.74, 6) is -0.0996. The molecule has 3 rings (SSSR count). The van der Waals surface area contributed by atoms with Crippen LogP contribution in [0.2, 0.25) is 0 Å². The fourth-order valence-corrected chi connectivity index (χ4v) is 9.28. The van der Waals surface area contributed by atoms with E-state index < -0.39 is 7.26 Å². The van der Waals surface area contributed by atoms with Crippen LogP contribution in [0.1, 0.15) is 41.5 Å². The molecular weight excluding hydrogens is 393 g/mol. The van der Waals surface area contributed by atoms with Crippen LogP contribution in [0.25, 0.3) is 0 Å². The van der Waals surface area contributed by atoms with Gasteiger partial charge in [-0.2, -0.15) is 0 Å². The number of esters is 1. The van der Waals surface area contributed by atoms with E-state index in [9.17, 15) is 9.59 Å². The van der Waals surface area contributed by atoms with Crippen LogP contribution in [0.4, 0.5) is 5.69 Å². The average Bonchev–Trinajstić information content (AvgIpc) is 2.70. The maximum atomic E-state index is 13.0. The fourth-order valence-electron chi connectivity index (χ4n) is 4.71. The van der Waals surface area contributed by atoms with Gasteiger partial charge in [-0.25, -0.2) is 0 Å². The molecule has 1 aliphatic rings. The first kappa shape index (κ1) is 22.5. The van der Waals surface area contributed by atoms with Gasteiger partial charge >= 0.3 is 180 Å². The molecule has 1 saturated heterocycles. The Labute approximate surface area is 180 Å².